The largest absolute Gasteiger partial charge is 0.356 e. The lowest BCUT2D eigenvalue weighted by atomic mass is 10.1. The predicted molar refractivity (Wildman–Crippen MR) is 97.6 cm³/mol. The second kappa shape index (κ2) is 7.01. The van der Waals surface area contributed by atoms with Crippen molar-refractivity contribution in [2.24, 2.45) is 0 Å². The maximum absolute atomic E-state index is 11.1. The molecule has 3 nitrogen and oxygen atoms in total. The van der Waals surface area contributed by atoms with Crippen LogP contribution in [0.2, 0.25) is 0 Å². The SMILES string of the molecule is CC(=O)NCCc1cn(Cc2ccccc2Br)c2ccccc12. The Morgan fingerprint density at radius 2 is 1.83 bits per heavy atom. The van der Waals surface area contributed by atoms with Crippen LogP contribution in [-0.4, -0.2) is 17.0 Å². The van der Waals surface area contributed by atoms with Crippen molar-refractivity contribution in [1.82, 2.24) is 9.88 Å². The Bertz CT molecular complexity index is 838. The van der Waals surface area contributed by atoms with Crippen LogP contribution in [0.1, 0.15) is 18.1 Å². The number of carbonyl (C=O) groups is 1. The normalized spacial score (nSPS) is 10.9. The summed E-state index contributed by atoms with van der Waals surface area (Å²) in [6, 6.07) is 16.7. The fraction of sp³-hybridized carbons (Fsp3) is 0.211. The number of rotatable bonds is 5. The van der Waals surface area contributed by atoms with Gasteiger partial charge in [0.15, 0.2) is 0 Å². The topological polar surface area (TPSA) is 34.0 Å². The second-order valence-corrected chi connectivity index (χ2v) is 6.48. The molecule has 0 radical (unpaired) electrons. The van der Waals surface area contributed by atoms with E-state index in [0.717, 1.165) is 17.4 Å². The zero-order valence-electron chi connectivity index (χ0n) is 13.1. The van der Waals surface area contributed by atoms with Crippen molar-refractivity contribution in [3.63, 3.8) is 0 Å². The lowest BCUT2D eigenvalue weighted by molar-refractivity contribution is -0.118. The van der Waals surface area contributed by atoms with E-state index < -0.39 is 0 Å². The third-order valence-electron chi connectivity index (χ3n) is 3.94. The van der Waals surface area contributed by atoms with Crippen LogP contribution in [-0.2, 0) is 17.8 Å². The molecule has 23 heavy (non-hydrogen) atoms. The molecule has 1 N–H and O–H groups in total. The molecule has 3 rings (SSSR count). The summed E-state index contributed by atoms with van der Waals surface area (Å²) < 4.78 is 3.40. The van der Waals surface area contributed by atoms with E-state index in [2.05, 4.69) is 74.5 Å². The minimum Gasteiger partial charge on any atom is -0.356 e. The summed E-state index contributed by atoms with van der Waals surface area (Å²) in [6.45, 7) is 3.04. The second-order valence-electron chi connectivity index (χ2n) is 5.62. The first-order chi connectivity index (χ1) is 11.1. The van der Waals surface area contributed by atoms with Crippen molar-refractivity contribution >= 4 is 32.7 Å². The van der Waals surface area contributed by atoms with Crippen molar-refractivity contribution in [2.75, 3.05) is 6.54 Å². The lowest BCUT2D eigenvalue weighted by Crippen LogP contribution is -2.22. The Balaban J connectivity index is 1.91. The number of halogens is 1. The van der Waals surface area contributed by atoms with Crippen LogP contribution in [0.25, 0.3) is 10.9 Å². The first-order valence-corrected chi connectivity index (χ1v) is 8.49. The molecule has 0 aliphatic heterocycles. The summed E-state index contributed by atoms with van der Waals surface area (Å²) in [5.41, 5.74) is 3.74. The van der Waals surface area contributed by atoms with Crippen molar-refractivity contribution in [2.45, 2.75) is 19.9 Å². The van der Waals surface area contributed by atoms with Crippen LogP contribution in [0.3, 0.4) is 0 Å². The highest BCUT2D eigenvalue weighted by atomic mass is 79.9. The Kier molecular flexibility index (Phi) is 4.82. The van der Waals surface area contributed by atoms with Crippen molar-refractivity contribution in [1.29, 1.82) is 0 Å². The summed E-state index contributed by atoms with van der Waals surface area (Å²) in [5, 5.41) is 4.13. The maximum atomic E-state index is 11.1. The number of nitrogens with one attached hydrogen (secondary N) is 1. The van der Waals surface area contributed by atoms with Crippen LogP contribution in [0, 0.1) is 0 Å². The molecule has 1 heterocycles. The van der Waals surface area contributed by atoms with Gasteiger partial charge in [0, 0.05) is 41.6 Å². The van der Waals surface area contributed by atoms with Gasteiger partial charge in [-0.3, -0.25) is 4.79 Å². The molecule has 0 unspecified atom stereocenters. The maximum Gasteiger partial charge on any atom is 0.216 e. The number of hydrogen-bond acceptors (Lipinski definition) is 1. The Labute approximate surface area is 144 Å². The smallest absolute Gasteiger partial charge is 0.216 e. The fourth-order valence-electron chi connectivity index (χ4n) is 2.84. The lowest BCUT2D eigenvalue weighted by Gasteiger charge is -2.07. The van der Waals surface area contributed by atoms with E-state index in [1.54, 1.807) is 6.92 Å². The van der Waals surface area contributed by atoms with E-state index >= 15 is 0 Å². The van der Waals surface area contributed by atoms with Crippen molar-refractivity contribution < 1.29 is 4.79 Å². The standard InChI is InChI=1S/C19H19BrN2O/c1-14(23)21-11-10-15-12-22(19-9-5-3-7-17(15)19)13-16-6-2-4-8-18(16)20/h2-9,12H,10-11,13H2,1H3,(H,21,23). The molecule has 0 bridgehead atoms. The van der Waals surface area contributed by atoms with Gasteiger partial charge in [-0.2, -0.15) is 0 Å². The summed E-state index contributed by atoms with van der Waals surface area (Å²) in [6.07, 6.45) is 3.04. The number of benzene rings is 2. The van der Waals surface area contributed by atoms with Gasteiger partial charge in [0.1, 0.15) is 0 Å². The minimum absolute atomic E-state index is 0.0157. The summed E-state index contributed by atoms with van der Waals surface area (Å²) in [5.74, 6) is 0.0157. The third kappa shape index (κ3) is 3.64. The van der Waals surface area contributed by atoms with Crippen molar-refractivity contribution in [3.8, 4) is 0 Å². The molecule has 0 spiro atoms. The van der Waals surface area contributed by atoms with Gasteiger partial charge in [-0.15, -0.1) is 0 Å². The molecule has 0 saturated heterocycles. The van der Waals surface area contributed by atoms with Crippen LogP contribution >= 0.6 is 15.9 Å². The van der Waals surface area contributed by atoms with E-state index in [1.165, 1.54) is 22.0 Å². The highest BCUT2D eigenvalue weighted by Gasteiger charge is 2.09. The molecule has 4 heteroatoms. The highest BCUT2D eigenvalue weighted by Crippen LogP contribution is 2.24. The van der Waals surface area contributed by atoms with Gasteiger partial charge in [-0.1, -0.05) is 52.3 Å². The minimum atomic E-state index is 0.0157. The number of amides is 1. The van der Waals surface area contributed by atoms with Crippen LogP contribution < -0.4 is 5.32 Å². The first kappa shape index (κ1) is 15.8. The highest BCUT2D eigenvalue weighted by molar-refractivity contribution is 9.10. The number of aromatic nitrogens is 1. The third-order valence-corrected chi connectivity index (χ3v) is 4.71. The molecular weight excluding hydrogens is 352 g/mol. The molecular formula is C19H19BrN2O. The van der Waals surface area contributed by atoms with E-state index in [4.69, 9.17) is 0 Å². The average molecular weight is 371 g/mol. The monoisotopic (exact) mass is 370 g/mol. The quantitative estimate of drug-likeness (QED) is 0.719. The van der Waals surface area contributed by atoms with Crippen LogP contribution in [0.4, 0.5) is 0 Å². The van der Waals surface area contributed by atoms with E-state index in [-0.39, 0.29) is 5.91 Å². The van der Waals surface area contributed by atoms with Gasteiger partial charge in [0.2, 0.25) is 5.91 Å². The number of hydrogen-bond donors (Lipinski definition) is 1. The fourth-order valence-corrected chi connectivity index (χ4v) is 3.25. The molecule has 1 amide bonds. The molecule has 3 aromatic rings. The van der Waals surface area contributed by atoms with Crippen molar-refractivity contribution in [3.05, 3.63) is 70.3 Å². The Morgan fingerprint density at radius 1 is 1.09 bits per heavy atom. The number of nitrogens with zero attached hydrogens (tertiary/aromatic N) is 1. The van der Waals surface area contributed by atoms with Gasteiger partial charge in [-0.25, -0.2) is 0 Å². The van der Waals surface area contributed by atoms with E-state index in [0.29, 0.717) is 6.54 Å². The molecule has 0 atom stereocenters. The molecule has 0 saturated carbocycles. The number of carbonyl (C=O) groups excluding carboxylic acids is 1. The van der Waals surface area contributed by atoms with E-state index in [1.807, 2.05) is 6.07 Å². The zero-order valence-corrected chi connectivity index (χ0v) is 14.6. The zero-order chi connectivity index (χ0) is 16.2. The van der Waals surface area contributed by atoms with Crippen LogP contribution in [0.5, 0.6) is 0 Å². The number of fused-ring (bicyclic) bond motifs is 1. The summed E-state index contributed by atoms with van der Waals surface area (Å²) in [4.78, 5) is 11.1. The summed E-state index contributed by atoms with van der Waals surface area (Å²) in [7, 11) is 0. The van der Waals surface area contributed by atoms with Gasteiger partial charge < -0.3 is 9.88 Å². The number of para-hydroxylation sites is 1. The summed E-state index contributed by atoms with van der Waals surface area (Å²) >= 11 is 3.62. The average Bonchev–Trinajstić information content (AvgIpc) is 2.88. The van der Waals surface area contributed by atoms with Crippen LogP contribution in [0.15, 0.2) is 59.2 Å². The molecule has 0 aliphatic carbocycles. The molecule has 2 aromatic carbocycles. The molecule has 0 fully saturated rings. The van der Waals surface area contributed by atoms with Gasteiger partial charge in [0.05, 0.1) is 0 Å². The Hall–Kier alpha value is -2.07. The van der Waals surface area contributed by atoms with Gasteiger partial charge >= 0.3 is 0 Å². The van der Waals surface area contributed by atoms with E-state index in [9.17, 15) is 4.79 Å². The molecule has 0 aliphatic rings. The van der Waals surface area contributed by atoms with Gasteiger partial charge in [0.25, 0.3) is 0 Å². The predicted octanol–water partition coefficient (Wildman–Crippen LogP) is 4.13. The molecule has 118 valence electrons. The Morgan fingerprint density at radius 3 is 2.61 bits per heavy atom. The first-order valence-electron chi connectivity index (χ1n) is 7.70. The van der Waals surface area contributed by atoms with Gasteiger partial charge in [-0.05, 0) is 29.7 Å². The molecule has 1 aromatic heterocycles.